The van der Waals surface area contributed by atoms with Crippen molar-refractivity contribution in [2.45, 2.75) is 52.5 Å². The molecule has 1 saturated carbocycles. The first-order chi connectivity index (χ1) is 7.57. The van der Waals surface area contributed by atoms with E-state index >= 15 is 0 Å². The van der Waals surface area contributed by atoms with Crippen molar-refractivity contribution in [3.8, 4) is 0 Å². The normalized spacial score (nSPS) is 38.8. The Morgan fingerprint density at radius 1 is 1.31 bits per heavy atom. The zero-order valence-corrected chi connectivity index (χ0v) is 11.9. The Kier molecular flexibility index (Phi) is 4.23. The lowest BCUT2D eigenvalue weighted by Gasteiger charge is -2.40. The number of hydrogen-bond donors (Lipinski definition) is 1. The van der Waals surface area contributed by atoms with E-state index in [0.29, 0.717) is 5.41 Å². The minimum atomic E-state index is 0.584. The molecule has 1 nitrogen and oxygen atoms in total. The minimum absolute atomic E-state index is 0.584. The van der Waals surface area contributed by atoms with Gasteiger partial charge in [0.25, 0.3) is 0 Å². The highest BCUT2D eigenvalue weighted by atomic mass is 32.2. The van der Waals surface area contributed by atoms with Crippen LogP contribution < -0.4 is 5.32 Å². The number of thioether (sulfide) groups is 1. The zero-order valence-electron chi connectivity index (χ0n) is 11.1. The van der Waals surface area contributed by atoms with Crippen LogP contribution in [0.5, 0.6) is 0 Å². The molecule has 0 bridgehead atoms. The third-order valence-corrected chi connectivity index (χ3v) is 5.62. The second-order valence-corrected chi connectivity index (χ2v) is 7.78. The van der Waals surface area contributed by atoms with Gasteiger partial charge in [0.05, 0.1) is 0 Å². The van der Waals surface area contributed by atoms with E-state index in [-0.39, 0.29) is 0 Å². The summed E-state index contributed by atoms with van der Waals surface area (Å²) in [5.74, 6) is 4.59. The number of hydrogen-bond acceptors (Lipinski definition) is 2. The van der Waals surface area contributed by atoms with E-state index in [1.165, 1.54) is 43.7 Å². The first-order valence-electron chi connectivity index (χ1n) is 6.88. The highest BCUT2D eigenvalue weighted by Gasteiger charge is 2.32. The van der Waals surface area contributed by atoms with Crippen molar-refractivity contribution < 1.29 is 0 Å². The van der Waals surface area contributed by atoms with Crippen LogP contribution in [0.1, 0.15) is 46.5 Å². The summed E-state index contributed by atoms with van der Waals surface area (Å²) in [7, 11) is 0. The molecule has 3 unspecified atom stereocenters. The van der Waals surface area contributed by atoms with E-state index in [0.717, 1.165) is 17.9 Å². The van der Waals surface area contributed by atoms with E-state index in [4.69, 9.17) is 0 Å². The molecule has 2 rings (SSSR count). The smallest absolute Gasteiger partial charge is 0.00932 e. The van der Waals surface area contributed by atoms with Gasteiger partial charge in [-0.05, 0) is 61.0 Å². The van der Waals surface area contributed by atoms with E-state index in [2.05, 4.69) is 37.8 Å². The standard InChI is InChI=1S/C14H27NS/c1-11-8-14(2,3)6-4-13(11)15-9-12-5-7-16-10-12/h11-13,15H,4-10H2,1-3H3. The summed E-state index contributed by atoms with van der Waals surface area (Å²) in [6, 6.07) is 0.790. The molecule has 94 valence electrons. The van der Waals surface area contributed by atoms with E-state index in [9.17, 15) is 0 Å². The van der Waals surface area contributed by atoms with Crippen LogP contribution in [0, 0.1) is 17.3 Å². The van der Waals surface area contributed by atoms with Crippen LogP contribution in [0.25, 0.3) is 0 Å². The lowest BCUT2D eigenvalue weighted by molar-refractivity contribution is 0.147. The minimum Gasteiger partial charge on any atom is -0.313 e. The largest absolute Gasteiger partial charge is 0.313 e. The highest BCUT2D eigenvalue weighted by Crippen LogP contribution is 2.38. The maximum atomic E-state index is 3.84. The van der Waals surface area contributed by atoms with Crippen LogP contribution in [0.4, 0.5) is 0 Å². The summed E-state index contributed by atoms with van der Waals surface area (Å²) in [6.07, 6.45) is 5.61. The molecule has 0 amide bonds. The van der Waals surface area contributed by atoms with Gasteiger partial charge in [-0.3, -0.25) is 0 Å². The van der Waals surface area contributed by atoms with Crippen molar-refractivity contribution in [1.29, 1.82) is 0 Å². The lowest BCUT2D eigenvalue weighted by Crippen LogP contribution is -2.43. The topological polar surface area (TPSA) is 12.0 Å². The van der Waals surface area contributed by atoms with Gasteiger partial charge >= 0.3 is 0 Å². The van der Waals surface area contributed by atoms with E-state index < -0.39 is 0 Å². The number of nitrogens with one attached hydrogen (secondary N) is 1. The molecule has 1 aliphatic heterocycles. The molecule has 0 aromatic rings. The highest BCUT2D eigenvalue weighted by molar-refractivity contribution is 7.99. The molecule has 1 heterocycles. The predicted octanol–water partition coefficient (Wildman–Crippen LogP) is 3.54. The van der Waals surface area contributed by atoms with Crippen LogP contribution in [0.2, 0.25) is 0 Å². The van der Waals surface area contributed by atoms with Crippen LogP contribution in [0.15, 0.2) is 0 Å². The van der Waals surface area contributed by atoms with E-state index in [1.807, 2.05) is 0 Å². The second kappa shape index (κ2) is 5.30. The average Bonchev–Trinajstić information content (AvgIpc) is 2.68. The summed E-state index contributed by atoms with van der Waals surface area (Å²) >= 11 is 2.13. The Labute approximate surface area is 105 Å². The zero-order chi connectivity index (χ0) is 11.6. The summed E-state index contributed by atoms with van der Waals surface area (Å²) < 4.78 is 0. The van der Waals surface area contributed by atoms with Gasteiger partial charge in [-0.1, -0.05) is 20.8 Å². The van der Waals surface area contributed by atoms with Gasteiger partial charge in [0.15, 0.2) is 0 Å². The maximum absolute atomic E-state index is 3.84. The fourth-order valence-electron chi connectivity index (χ4n) is 3.31. The van der Waals surface area contributed by atoms with Crippen molar-refractivity contribution in [3.63, 3.8) is 0 Å². The third kappa shape index (κ3) is 3.40. The van der Waals surface area contributed by atoms with Crippen LogP contribution in [-0.4, -0.2) is 24.1 Å². The SMILES string of the molecule is CC1CC(C)(C)CCC1NCC1CCSC1. The van der Waals surface area contributed by atoms with Gasteiger partial charge in [-0.15, -0.1) is 0 Å². The van der Waals surface area contributed by atoms with Gasteiger partial charge in [0.1, 0.15) is 0 Å². The van der Waals surface area contributed by atoms with Crippen LogP contribution in [0.3, 0.4) is 0 Å². The van der Waals surface area contributed by atoms with Gasteiger partial charge in [-0.25, -0.2) is 0 Å². The Morgan fingerprint density at radius 2 is 2.12 bits per heavy atom. The van der Waals surface area contributed by atoms with Gasteiger partial charge in [-0.2, -0.15) is 11.8 Å². The average molecular weight is 241 g/mol. The Morgan fingerprint density at radius 3 is 2.75 bits per heavy atom. The van der Waals surface area contributed by atoms with Gasteiger partial charge in [0, 0.05) is 6.04 Å². The van der Waals surface area contributed by atoms with Gasteiger partial charge in [0.2, 0.25) is 0 Å². The first-order valence-corrected chi connectivity index (χ1v) is 8.03. The Hall–Kier alpha value is 0.310. The second-order valence-electron chi connectivity index (χ2n) is 6.63. The maximum Gasteiger partial charge on any atom is 0.00932 e. The number of rotatable bonds is 3. The lowest BCUT2D eigenvalue weighted by atomic mass is 9.70. The van der Waals surface area contributed by atoms with Crippen molar-refractivity contribution in [3.05, 3.63) is 0 Å². The molecule has 0 aromatic carbocycles. The molecule has 0 spiro atoms. The molecule has 2 aliphatic rings. The summed E-state index contributed by atoms with van der Waals surface area (Å²) in [6.45, 7) is 8.55. The van der Waals surface area contributed by atoms with E-state index in [1.54, 1.807) is 0 Å². The monoisotopic (exact) mass is 241 g/mol. The van der Waals surface area contributed by atoms with Crippen molar-refractivity contribution in [2.24, 2.45) is 17.3 Å². The Bertz CT molecular complexity index is 221. The Balaban J connectivity index is 1.73. The van der Waals surface area contributed by atoms with Crippen molar-refractivity contribution in [1.82, 2.24) is 5.32 Å². The summed E-state index contributed by atoms with van der Waals surface area (Å²) in [4.78, 5) is 0. The summed E-state index contributed by atoms with van der Waals surface area (Å²) in [5, 5.41) is 3.84. The molecular weight excluding hydrogens is 214 g/mol. The molecule has 2 heteroatoms. The molecular formula is C14H27NS. The molecule has 0 radical (unpaired) electrons. The van der Waals surface area contributed by atoms with Crippen LogP contribution in [-0.2, 0) is 0 Å². The predicted molar refractivity (Wildman–Crippen MR) is 74.0 cm³/mol. The van der Waals surface area contributed by atoms with Crippen LogP contribution >= 0.6 is 11.8 Å². The quantitative estimate of drug-likeness (QED) is 0.811. The van der Waals surface area contributed by atoms with Crippen molar-refractivity contribution in [2.75, 3.05) is 18.1 Å². The van der Waals surface area contributed by atoms with Gasteiger partial charge < -0.3 is 5.32 Å². The molecule has 16 heavy (non-hydrogen) atoms. The molecule has 1 N–H and O–H groups in total. The molecule has 3 atom stereocenters. The van der Waals surface area contributed by atoms with Crippen molar-refractivity contribution >= 4 is 11.8 Å². The fraction of sp³-hybridized carbons (Fsp3) is 1.00. The summed E-state index contributed by atoms with van der Waals surface area (Å²) in [5.41, 5.74) is 0.584. The molecule has 2 fully saturated rings. The first kappa shape index (κ1) is 12.8. The fourth-order valence-corrected chi connectivity index (χ4v) is 4.60. The molecule has 1 aliphatic carbocycles. The molecule has 0 aromatic heterocycles. The molecule has 1 saturated heterocycles. The third-order valence-electron chi connectivity index (χ3n) is 4.39.